The minimum Gasteiger partial charge on any atom is -0.357 e. The van der Waals surface area contributed by atoms with Gasteiger partial charge in [-0.25, -0.2) is 4.99 Å². The number of nitrogens with zero attached hydrogens (tertiary/aromatic N) is 2. The summed E-state index contributed by atoms with van der Waals surface area (Å²) in [4.78, 5) is 18.0. The van der Waals surface area contributed by atoms with E-state index in [0.29, 0.717) is 13.1 Å². The van der Waals surface area contributed by atoms with Crippen LogP contribution in [0, 0.1) is 0 Å². The van der Waals surface area contributed by atoms with E-state index in [9.17, 15) is 4.79 Å². The van der Waals surface area contributed by atoms with Gasteiger partial charge in [0.1, 0.15) is 0 Å². The highest BCUT2D eigenvalue weighted by molar-refractivity contribution is 7.10. The first-order valence-electron chi connectivity index (χ1n) is 10.3. The van der Waals surface area contributed by atoms with E-state index in [0.717, 1.165) is 30.2 Å². The SMILES string of the molecule is CCNC(=NCc1ccc(Cn2ccccc2=O)cc1)NCC(C)(C)c1cccs1. The summed E-state index contributed by atoms with van der Waals surface area (Å²) in [5, 5.41) is 8.92. The maximum atomic E-state index is 11.9. The van der Waals surface area contributed by atoms with Gasteiger partial charge < -0.3 is 15.2 Å². The molecule has 0 saturated carbocycles. The fourth-order valence-corrected chi connectivity index (χ4v) is 3.96. The number of thiophene rings is 1. The van der Waals surface area contributed by atoms with Gasteiger partial charge in [0.2, 0.25) is 0 Å². The van der Waals surface area contributed by atoms with Crippen LogP contribution in [0.2, 0.25) is 0 Å². The van der Waals surface area contributed by atoms with E-state index in [-0.39, 0.29) is 11.0 Å². The minimum atomic E-state index is 0.0120. The van der Waals surface area contributed by atoms with Crippen LogP contribution in [-0.4, -0.2) is 23.6 Å². The van der Waals surface area contributed by atoms with Crippen LogP contribution < -0.4 is 16.2 Å². The van der Waals surface area contributed by atoms with Gasteiger partial charge in [-0.2, -0.15) is 0 Å². The first-order valence-corrected chi connectivity index (χ1v) is 11.2. The topological polar surface area (TPSA) is 58.4 Å². The number of aliphatic imine (C=N–C) groups is 1. The lowest BCUT2D eigenvalue weighted by molar-refractivity contribution is 0.518. The summed E-state index contributed by atoms with van der Waals surface area (Å²) in [5.41, 5.74) is 2.28. The molecule has 2 N–H and O–H groups in total. The Labute approximate surface area is 182 Å². The van der Waals surface area contributed by atoms with Crippen LogP contribution in [0.4, 0.5) is 0 Å². The maximum Gasteiger partial charge on any atom is 0.250 e. The summed E-state index contributed by atoms with van der Waals surface area (Å²) >= 11 is 1.79. The predicted molar refractivity (Wildman–Crippen MR) is 126 cm³/mol. The molecule has 0 radical (unpaired) electrons. The molecular formula is C24H30N4OS. The van der Waals surface area contributed by atoms with Crippen molar-refractivity contribution in [2.45, 2.75) is 39.3 Å². The van der Waals surface area contributed by atoms with Crippen molar-refractivity contribution < 1.29 is 0 Å². The van der Waals surface area contributed by atoms with Gasteiger partial charge in [0.25, 0.3) is 5.56 Å². The fraction of sp³-hybridized carbons (Fsp3) is 0.333. The summed E-state index contributed by atoms with van der Waals surface area (Å²) in [6, 6.07) is 17.8. The molecule has 0 aliphatic rings. The van der Waals surface area contributed by atoms with Gasteiger partial charge in [-0.3, -0.25) is 4.79 Å². The summed E-state index contributed by atoms with van der Waals surface area (Å²) in [6.07, 6.45) is 1.81. The largest absolute Gasteiger partial charge is 0.357 e. The molecule has 0 atom stereocenters. The molecule has 3 aromatic rings. The van der Waals surface area contributed by atoms with Gasteiger partial charge in [0.15, 0.2) is 5.96 Å². The maximum absolute atomic E-state index is 11.9. The lowest BCUT2D eigenvalue weighted by Crippen LogP contribution is -2.43. The Kier molecular flexibility index (Phi) is 7.46. The van der Waals surface area contributed by atoms with Gasteiger partial charge in [-0.15, -0.1) is 11.3 Å². The first kappa shape index (κ1) is 21.8. The molecule has 0 saturated heterocycles. The van der Waals surface area contributed by atoms with Gasteiger partial charge in [-0.05, 0) is 35.6 Å². The van der Waals surface area contributed by atoms with E-state index < -0.39 is 0 Å². The van der Waals surface area contributed by atoms with Crippen molar-refractivity contribution in [1.29, 1.82) is 0 Å². The Morgan fingerprint density at radius 2 is 1.80 bits per heavy atom. The van der Waals surface area contributed by atoms with Crippen molar-refractivity contribution in [3.05, 3.63) is 92.5 Å². The highest BCUT2D eigenvalue weighted by Gasteiger charge is 2.21. The molecule has 0 aliphatic carbocycles. The third-order valence-corrected chi connectivity index (χ3v) is 6.16. The minimum absolute atomic E-state index is 0.0120. The van der Waals surface area contributed by atoms with Crippen LogP contribution in [0.25, 0.3) is 0 Å². The summed E-state index contributed by atoms with van der Waals surface area (Å²) in [5.74, 6) is 0.821. The highest BCUT2D eigenvalue weighted by Crippen LogP contribution is 2.26. The first-order chi connectivity index (χ1) is 14.5. The Morgan fingerprint density at radius 3 is 2.47 bits per heavy atom. The Hall–Kier alpha value is -2.86. The van der Waals surface area contributed by atoms with Crippen molar-refractivity contribution in [3.8, 4) is 0 Å². The number of hydrogen-bond acceptors (Lipinski definition) is 3. The third-order valence-electron chi connectivity index (χ3n) is 4.92. The van der Waals surface area contributed by atoms with Gasteiger partial charge in [0, 0.05) is 35.6 Å². The van der Waals surface area contributed by atoms with E-state index in [4.69, 9.17) is 4.99 Å². The Morgan fingerprint density at radius 1 is 1.03 bits per heavy atom. The van der Waals surface area contributed by atoms with Crippen molar-refractivity contribution >= 4 is 17.3 Å². The molecule has 1 aromatic carbocycles. The lowest BCUT2D eigenvalue weighted by atomic mass is 9.91. The molecule has 2 aromatic heterocycles. The summed E-state index contributed by atoms with van der Waals surface area (Å²) in [6.45, 7) is 9.35. The van der Waals surface area contributed by atoms with Crippen molar-refractivity contribution in [2.24, 2.45) is 4.99 Å². The van der Waals surface area contributed by atoms with Gasteiger partial charge in [-0.1, -0.05) is 50.2 Å². The molecule has 0 fully saturated rings. The number of pyridine rings is 1. The third kappa shape index (κ3) is 6.07. The second kappa shape index (κ2) is 10.3. The molecular weight excluding hydrogens is 392 g/mol. The van der Waals surface area contributed by atoms with Gasteiger partial charge >= 0.3 is 0 Å². The molecule has 0 amide bonds. The van der Waals surface area contributed by atoms with Crippen LogP contribution in [0.15, 0.2) is 76.0 Å². The smallest absolute Gasteiger partial charge is 0.250 e. The highest BCUT2D eigenvalue weighted by atomic mass is 32.1. The Bertz CT molecular complexity index is 1000. The van der Waals surface area contributed by atoms with Crippen molar-refractivity contribution in [3.63, 3.8) is 0 Å². The molecule has 30 heavy (non-hydrogen) atoms. The standard InChI is InChI=1S/C24H30N4OS/c1-4-25-23(27-18-24(2,3)21-8-7-15-30-21)26-16-19-10-12-20(13-11-19)17-28-14-6-5-9-22(28)29/h5-15H,4,16-18H2,1-3H3,(H2,25,26,27). The number of benzene rings is 1. The molecule has 5 nitrogen and oxygen atoms in total. The zero-order valence-corrected chi connectivity index (χ0v) is 18.7. The van der Waals surface area contributed by atoms with Crippen molar-refractivity contribution in [1.82, 2.24) is 15.2 Å². The molecule has 0 spiro atoms. The van der Waals surface area contributed by atoms with Gasteiger partial charge in [0.05, 0.1) is 13.1 Å². The zero-order chi connectivity index (χ0) is 21.4. The number of aromatic nitrogens is 1. The monoisotopic (exact) mass is 422 g/mol. The summed E-state index contributed by atoms with van der Waals surface area (Å²) < 4.78 is 1.70. The predicted octanol–water partition coefficient (Wildman–Crippen LogP) is 3.99. The number of hydrogen-bond donors (Lipinski definition) is 2. The molecule has 2 heterocycles. The molecule has 0 bridgehead atoms. The quantitative estimate of drug-likeness (QED) is 0.426. The number of guanidine groups is 1. The fourth-order valence-electron chi connectivity index (χ4n) is 3.11. The average Bonchev–Trinajstić information content (AvgIpc) is 3.29. The van der Waals surface area contributed by atoms with E-state index in [1.165, 1.54) is 4.88 Å². The zero-order valence-electron chi connectivity index (χ0n) is 17.9. The second-order valence-corrected chi connectivity index (χ2v) is 8.84. The van der Waals surface area contributed by atoms with Crippen molar-refractivity contribution in [2.75, 3.05) is 13.1 Å². The molecule has 3 rings (SSSR count). The number of rotatable bonds is 8. The average molecular weight is 423 g/mol. The van der Waals surface area contributed by atoms with Crippen LogP contribution in [0.1, 0.15) is 36.8 Å². The molecule has 0 aliphatic heterocycles. The molecule has 6 heteroatoms. The van der Waals surface area contributed by atoms with E-state index in [1.54, 1.807) is 28.0 Å². The second-order valence-electron chi connectivity index (χ2n) is 7.89. The summed E-state index contributed by atoms with van der Waals surface area (Å²) in [7, 11) is 0. The molecule has 158 valence electrons. The van der Waals surface area contributed by atoms with Crippen LogP contribution in [0.5, 0.6) is 0 Å². The van der Waals surface area contributed by atoms with E-state index in [1.807, 2.05) is 12.3 Å². The van der Waals surface area contributed by atoms with Crippen LogP contribution >= 0.6 is 11.3 Å². The van der Waals surface area contributed by atoms with Crippen LogP contribution in [-0.2, 0) is 18.5 Å². The normalized spacial score (nSPS) is 12.0. The van der Waals surface area contributed by atoms with E-state index >= 15 is 0 Å². The van der Waals surface area contributed by atoms with Crippen LogP contribution in [0.3, 0.4) is 0 Å². The lowest BCUT2D eigenvalue weighted by Gasteiger charge is -2.25. The Balaban J connectivity index is 1.60. The number of nitrogens with one attached hydrogen (secondary N) is 2. The molecule has 0 unspecified atom stereocenters. The van der Waals surface area contributed by atoms with E-state index in [2.05, 4.69) is 73.2 Å².